The lowest BCUT2D eigenvalue weighted by Gasteiger charge is -2.35. The first kappa shape index (κ1) is 23.0. The lowest BCUT2D eigenvalue weighted by molar-refractivity contribution is -0.593. The molecule has 3 aliphatic rings. The summed E-state index contributed by atoms with van der Waals surface area (Å²) in [4.78, 5) is 22.4. The van der Waals surface area contributed by atoms with E-state index in [2.05, 4.69) is 22.1 Å². The molecule has 3 rings (SSSR count). The van der Waals surface area contributed by atoms with Gasteiger partial charge in [-0.3, -0.25) is 24.8 Å². The van der Waals surface area contributed by atoms with Gasteiger partial charge in [-0.1, -0.05) is 12.8 Å². The van der Waals surface area contributed by atoms with Crippen LogP contribution >= 0.6 is 0 Å². The van der Waals surface area contributed by atoms with Crippen molar-refractivity contribution in [2.45, 2.75) is 115 Å². The van der Waals surface area contributed by atoms with Gasteiger partial charge in [0.15, 0.2) is 0 Å². The highest BCUT2D eigenvalue weighted by Crippen LogP contribution is 2.31. The van der Waals surface area contributed by atoms with Crippen LogP contribution < -0.4 is 23.0 Å². The normalized spacial score (nSPS) is 29.1. The second kappa shape index (κ2) is 10.5. The Morgan fingerprint density at radius 3 is 2.57 bits per heavy atom. The summed E-state index contributed by atoms with van der Waals surface area (Å²) in [6, 6.07) is 2.60. The van der Waals surface area contributed by atoms with E-state index in [1.807, 2.05) is 6.92 Å². The van der Waals surface area contributed by atoms with Crippen LogP contribution in [0.1, 0.15) is 85.0 Å². The van der Waals surface area contributed by atoms with Crippen LogP contribution in [0.4, 0.5) is 0 Å². The van der Waals surface area contributed by atoms with Crippen LogP contribution in [-0.2, 0) is 14.3 Å². The van der Waals surface area contributed by atoms with E-state index < -0.39 is 5.97 Å². The monoisotopic (exact) mass is 413 g/mol. The Morgan fingerprint density at radius 2 is 1.86 bits per heavy atom. The average Bonchev–Trinajstić information content (AvgIpc) is 2.97. The van der Waals surface area contributed by atoms with Crippen molar-refractivity contribution in [3.05, 3.63) is 0 Å². The molecule has 28 heavy (non-hydrogen) atoms. The first-order valence-electron chi connectivity index (χ1n) is 10.8. The van der Waals surface area contributed by atoms with E-state index in [9.17, 15) is 9.59 Å². The van der Waals surface area contributed by atoms with Crippen molar-refractivity contribution in [2.24, 2.45) is 0 Å². The number of Topliss-reactive ketones (excluding diaryl/α,β-unsaturated/α-hetero) is 1. The summed E-state index contributed by atoms with van der Waals surface area (Å²) in [6.07, 6.45) is 10.5. The number of unbranched alkanes of at least 4 members (excludes halogenated alkanes) is 2. The Kier molecular flexibility index (Phi) is 8.59. The lowest BCUT2D eigenvalue weighted by atomic mass is 9.97. The van der Waals surface area contributed by atoms with Crippen molar-refractivity contribution in [1.82, 2.24) is 10.6 Å². The molecule has 3 aliphatic heterocycles. The first-order chi connectivity index (χ1) is 12.9. The van der Waals surface area contributed by atoms with Crippen LogP contribution in [0.5, 0.6) is 0 Å². The van der Waals surface area contributed by atoms with Crippen LogP contribution in [-0.4, -0.2) is 52.6 Å². The van der Waals surface area contributed by atoms with Crippen LogP contribution in [0.25, 0.3) is 0 Å². The first-order valence-corrected chi connectivity index (χ1v) is 10.8. The Hall–Kier alpha value is -1.30. The molecule has 0 saturated carbocycles. The number of ketones is 1. The fourth-order valence-electron chi connectivity index (χ4n) is 4.98. The molecule has 7 heteroatoms. The van der Waals surface area contributed by atoms with Gasteiger partial charge in [0.2, 0.25) is 0 Å². The molecule has 0 radical (unpaired) electrons. The zero-order valence-corrected chi connectivity index (χ0v) is 18.3. The summed E-state index contributed by atoms with van der Waals surface area (Å²) in [5.74, 6) is 0.745. The Morgan fingerprint density at radius 1 is 1.14 bits per heavy atom. The standard InChI is InChI=1S/C21H35N3O3.ClH/c1-14-11-18-9-10-19-13-17(23-21(22-14)24(18)19)8-6-4-5-7-16(3)27-20(26)12-15(2)25;/h14,16-19H,4-13H2,1-3H3,(H,22,23);1H/t14-,16+,17+,18+,19-;/m1./s1. The molecule has 0 unspecified atom stereocenters. The van der Waals surface area contributed by atoms with E-state index >= 15 is 0 Å². The number of hydrogen-bond acceptors (Lipinski definition) is 5. The van der Waals surface area contributed by atoms with Crippen LogP contribution in [0.2, 0.25) is 0 Å². The number of rotatable bonds is 9. The van der Waals surface area contributed by atoms with Crippen molar-refractivity contribution < 1.29 is 31.3 Å². The minimum atomic E-state index is -0.396. The van der Waals surface area contributed by atoms with E-state index in [0.29, 0.717) is 12.1 Å². The number of halogens is 1. The number of ether oxygens (including phenoxy) is 1. The predicted octanol–water partition coefficient (Wildman–Crippen LogP) is -0.505. The maximum atomic E-state index is 11.5. The molecule has 0 spiro atoms. The van der Waals surface area contributed by atoms with Gasteiger partial charge in [0.25, 0.3) is 0 Å². The number of carbonyl (C=O) groups excluding carboxylic acids is 2. The minimum Gasteiger partial charge on any atom is -1.00 e. The summed E-state index contributed by atoms with van der Waals surface area (Å²) < 4.78 is 7.89. The third kappa shape index (κ3) is 6.10. The zero-order valence-electron chi connectivity index (χ0n) is 17.5. The number of esters is 1. The third-order valence-electron chi connectivity index (χ3n) is 6.17. The lowest BCUT2D eigenvalue weighted by Crippen LogP contribution is -3.00. The molecule has 160 valence electrons. The molecule has 0 amide bonds. The quantitative estimate of drug-likeness (QED) is 0.231. The van der Waals surface area contributed by atoms with Gasteiger partial charge in [-0.25, -0.2) is 0 Å². The molecular formula is C21H36ClN3O3. The number of nitrogens with one attached hydrogen (secondary N) is 2. The van der Waals surface area contributed by atoms with Gasteiger partial charge in [0.05, 0.1) is 30.3 Å². The van der Waals surface area contributed by atoms with E-state index in [0.717, 1.165) is 31.3 Å². The molecule has 0 bridgehead atoms. The fourth-order valence-corrected chi connectivity index (χ4v) is 4.98. The minimum absolute atomic E-state index is 0. The SMILES string of the molecule is CC(=O)CC(=O)O[C@@H](C)CCCCC[C@H]1C[C@H]2CC[C@H]3C[C@@H](C)NC(=[N+]23)N1.[Cl-]. The average molecular weight is 414 g/mol. The molecule has 1 fully saturated rings. The summed E-state index contributed by atoms with van der Waals surface area (Å²) in [5, 5.41) is 7.42. The van der Waals surface area contributed by atoms with Crippen molar-refractivity contribution in [3.8, 4) is 0 Å². The summed E-state index contributed by atoms with van der Waals surface area (Å²) >= 11 is 0. The smallest absolute Gasteiger partial charge is 0.346 e. The van der Waals surface area contributed by atoms with E-state index in [4.69, 9.17) is 4.74 Å². The van der Waals surface area contributed by atoms with Crippen LogP contribution in [0.15, 0.2) is 0 Å². The van der Waals surface area contributed by atoms with Gasteiger partial charge in [-0.05, 0) is 52.9 Å². The fraction of sp³-hybridized carbons (Fsp3) is 0.857. The van der Waals surface area contributed by atoms with Gasteiger partial charge >= 0.3 is 11.9 Å². The predicted molar refractivity (Wildman–Crippen MR) is 105 cm³/mol. The summed E-state index contributed by atoms with van der Waals surface area (Å²) in [6.45, 7) is 5.61. The molecule has 3 heterocycles. The van der Waals surface area contributed by atoms with Gasteiger partial charge < -0.3 is 17.1 Å². The topological polar surface area (TPSA) is 70.4 Å². The summed E-state index contributed by atoms with van der Waals surface area (Å²) in [5.41, 5.74) is 0. The molecule has 1 saturated heterocycles. The largest absolute Gasteiger partial charge is 1.00 e. The van der Waals surface area contributed by atoms with E-state index in [1.165, 1.54) is 51.4 Å². The number of nitrogens with zero attached hydrogens (tertiary/aromatic N) is 1. The highest BCUT2D eigenvalue weighted by atomic mass is 35.5. The van der Waals surface area contributed by atoms with Crippen LogP contribution in [0.3, 0.4) is 0 Å². The highest BCUT2D eigenvalue weighted by Gasteiger charge is 2.44. The van der Waals surface area contributed by atoms with Gasteiger partial charge in [0.1, 0.15) is 12.2 Å². The van der Waals surface area contributed by atoms with E-state index in [1.54, 1.807) is 0 Å². The zero-order chi connectivity index (χ0) is 19.4. The second-order valence-electron chi connectivity index (χ2n) is 8.82. The molecule has 0 aliphatic carbocycles. The van der Waals surface area contributed by atoms with Gasteiger partial charge in [-0.15, -0.1) is 0 Å². The van der Waals surface area contributed by atoms with Gasteiger partial charge in [-0.2, -0.15) is 0 Å². The van der Waals surface area contributed by atoms with Crippen molar-refractivity contribution in [2.75, 3.05) is 0 Å². The van der Waals surface area contributed by atoms with Crippen molar-refractivity contribution in [3.63, 3.8) is 0 Å². The third-order valence-corrected chi connectivity index (χ3v) is 6.17. The molecule has 0 aromatic rings. The Bertz CT molecular complexity index is 595. The maximum absolute atomic E-state index is 11.5. The maximum Gasteiger partial charge on any atom is 0.346 e. The van der Waals surface area contributed by atoms with Crippen molar-refractivity contribution >= 4 is 17.7 Å². The van der Waals surface area contributed by atoms with Crippen molar-refractivity contribution in [1.29, 1.82) is 0 Å². The second-order valence-corrected chi connectivity index (χ2v) is 8.82. The molecule has 5 atom stereocenters. The number of guanidine groups is 1. The number of hydrogen-bond donors (Lipinski definition) is 2. The molecule has 0 aromatic carbocycles. The molecule has 0 aromatic heterocycles. The van der Waals surface area contributed by atoms with E-state index in [-0.39, 0.29) is 30.7 Å². The Balaban J connectivity index is 0.00000280. The molecular weight excluding hydrogens is 378 g/mol. The molecule has 2 N–H and O–H groups in total. The summed E-state index contributed by atoms with van der Waals surface area (Å²) in [7, 11) is 0. The highest BCUT2D eigenvalue weighted by molar-refractivity contribution is 5.94. The van der Waals surface area contributed by atoms with Crippen LogP contribution in [0, 0.1) is 0 Å². The number of carbonyl (C=O) groups is 2. The van der Waals surface area contributed by atoms with Gasteiger partial charge in [0, 0.05) is 12.8 Å². The molecule has 6 nitrogen and oxygen atoms in total. The Labute approximate surface area is 175 Å².